The van der Waals surface area contributed by atoms with E-state index in [0.717, 1.165) is 42.2 Å². The van der Waals surface area contributed by atoms with Gasteiger partial charge in [0.15, 0.2) is 5.82 Å². The van der Waals surface area contributed by atoms with E-state index in [1.54, 1.807) is 17.1 Å². The van der Waals surface area contributed by atoms with E-state index in [1.165, 1.54) is 11.8 Å². The van der Waals surface area contributed by atoms with Crippen LogP contribution in [-0.4, -0.2) is 47.9 Å². The molecule has 8 nitrogen and oxygen atoms in total. The summed E-state index contributed by atoms with van der Waals surface area (Å²) in [6.07, 6.45) is 6.63. The summed E-state index contributed by atoms with van der Waals surface area (Å²) in [5.74, 6) is 0.687. The highest BCUT2D eigenvalue weighted by Gasteiger charge is 2.19. The van der Waals surface area contributed by atoms with Gasteiger partial charge in [-0.1, -0.05) is 6.92 Å². The Kier molecular flexibility index (Phi) is 5.16. The van der Waals surface area contributed by atoms with E-state index >= 15 is 0 Å². The first kappa shape index (κ1) is 17.0. The van der Waals surface area contributed by atoms with Crippen molar-refractivity contribution >= 4 is 11.8 Å². The first-order valence-electron chi connectivity index (χ1n) is 8.66. The standard InChI is InChI=1S/C17H19N7OS/c1-2-13-10-15(20-16(19-13)12-5-7-18-8-6-12)26-17-21-22-23-24(17)11-14-4-3-9-25-14/h5-8,10,14H,2-4,9,11H2,1H3/t14-/m0/s1. The van der Waals surface area contributed by atoms with Crippen LogP contribution >= 0.6 is 11.8 Å². The Labute approximate surface area is 155 Å². The highest BCUT2D eigenvalue weighted by Crippen LogP contribution is 2.27. The molecule has 3 aromatic rings. The third kappa shape index (κ3) is 3.88. The van der Waals surface area contributed by atoms with Crippen LogP contribution in [0.1, 0.15) is 25.5 Å². The fraction of sp³-hybridized carbons (Fsp3) is 0.412. The lowest BCUT2D eigenvalue weighted by Gasteiger charge is -2.10. The van der Waals surface area contributed by atoms with Gasteiger partial charge in [0, 0.05) is 30.3 Å². The Morgan fingerprint density at radius 1 is 1.27 bits per heavy atom. The van der Waals surface area contributed by atoms with E-state index in [4.69, 9.17) is 4.74 Å². The molecule has 4 rings (SSSR count). The van der Waals surface area contributed by atoms with Crippen molar-refractivity contribution in [2.45, 2.75) is 49.0 Å². The number of aromatic nitrogens is 7. The summed E-state index contributed by atoms with van der Waals surface area (Å²) >= 11 is 1.45. The molecule has 3 aromatic heterocycles. The van der Waals surface area contributed by atoms with Gasteiger partial charge in [0.05, 0.1) is 12.6 Å². The van der Waals surface area contributed by atoms with Crippen LogP contribution in [0.25, 0.3) is 11.4 Å². The third-order valence-corrected chi connectivity index (χ3v) is 5.05. The van der Waals surface area contributed by atoms with E-state index in [9.17, 15) is 0 Å². The van der Waals surface area contributed by atoms with Crippen LogP contribution in [0, 0.1) is 0 Å². The number of nitrogens with zero attached hydrogens (tertiary/aromatic N) is 7. The molecule has 0 aliphatic carbocycles. The molecule has 134 valence electrons. The van der Waals surface area contributed by atoms with E-state index < -0.39 is 0 Å². The lowest BCUT2D eigenvalue weighted by atomic mass is 10.2. The summed E-state index contributed by atoms with van der Waals surface area (Å²) in [5, 5.41) is 13.6. The summed E-state index contributed by atoms with van der Waals surface area (Å²) in [6.45, 7) is 3.56. The van der Waals surface area contributed by atoms with Crippen molar-refractivity contribution in [3.8, 4) is 11.4 Å². The second-order valence-electron chi connectivity index (χ2n) is 5.99. The third-order valence-electron chi connectivity index (χ3n) is 4.15. The molecule has 0 N–H and O–H groups in total. The van der Waals surface area contributed by atoms with E-state index in [1.807, 2.05) is 18.2 Å². The maximum atomic E-state index is 5.69. The number of hydrogen-bond acceptors (Lipinski definition) is 8. The highest BCUT2D eigenvalue weighted by molar-refractivity contribution is 7.99. The second-order valence-corrected chi connectivity index (χ2v) is 6.98. The van der Waals surface area contributed by atoms with Gasteiger partial charge in [-0.15, -0.1) is 5.10 Å². The molecule has 4 heterocycles. The predicted molar refractivity (Wildman–Crippen MR) is 95.6 cm³/mol. The molecule has 0 unspecified atom stereocenters. The van der Waals surface area contributed by atoms with Gasteiger partial charge in [0.2, 0.25) is 5.16 Å². The fourth-order valence-corrected chi connectivity index (χ4v) is 3.60. The van der Waals surface area contributed by atoms with Crippen molar-refractivity contribution in [3.05, 3.63) is 36.3 Å². The quantitative estimate of drug-likeness (QED) is 0.612. The summed E-state index contributed by atoms with van der Waals surface area (Å²) in [6, 6.07) is 5.80. The Morgan fingerprint density at radius 2 is 2.15 bits per heavy atom. The normalized spacial score (nSPS) is 16.9. The first-order valence-corrected chi connectivity index (χ1v) is 9.47. The average molecular weight is 369 g/mol. The van der Waals surface area contributed by atoms with Crippen molar-refractivity contribution < 1.29 is 4.74 Å². The van der Waals surface area contributed by atoms with Gasteiger partial charge in [-0.25, -0.2) is 14.6 Å². The van der Waals surface area contributed by atoms with Crippen LogP contribution in [-0.2, 0) is 17.7 Å². The van der Waals surface area contributed by atoms with Gasteiger partial charge < -0.3 is 4.74 Å². The van der Waals surface area contributed by atoms with Gasteiger partial charge in [-0.2, -0.15) is 0 Å². The zero-order chi connectivity index (χ0) is 17.8. The maximum absolute atomic E-state index is 5.69. The van der Waals surface area contributed by atoms with E-state index in [2.05, 4.69) is 37.4 Å². The molecular formula is C17H19N7OS. The largest absolute Gasteiger partial charge is 0.376 e. The molecule has 1 aliphatic rings. The molecule has 9 heteroatoms. The van der Waals surface area contributed by atoms with Gasteiger partial charge in [0.1, 0.15) is 5.03 Å². The molecule has 0 amide bonds. The minimum Gasteiger partial charge on any atom is -0.376 e. The number of ether oxygens (including phenoxy) is 1. The summed E-state index contributed by atoms with van der Waals surface area (Å²) in [5.41, 5.74) is 1.92. The Balaban J connectivity index is 1.59. The van der Waals surface area contributed by atoms with Crippen molar-refractivity contribution in [3.63, 3.8) is 0 Å². The number of hydrogen-bond donors (Lipinski definition) is 0. The molecule has 0 aromatic carbocycles. The number of tetrazole rings is 1. The van der Waals surface area contributed by atoms with Gasteiger partial charge >= 0.3 is 0 Å². The summed E-state index contributed by atoms with van der Waals surface area (Å²) in [4.78, 5) is 13.4. The highest BCUT2D eigenvalue weighted by atomic mass is 32.2. The summed E-state index contributed by atoms with van der Waals surface area (Å²) < 4.78 is 7.48. The zero-order valence-electron chi connectivity index (χ0n) is 14.4. The van der Waals surface area contributed by atoms with Crippen LogP contribution in [0.2, 0.25) is 0 Å². The minimum atomic E-state index is 0.182. The van der Waals surface area contributed by atoms with Crippen molar-refractivity contribution in [2.75, 3.05) is 6.61 Å². The van der Waals surface area contributed by atoms with Gasteiger partial charge in [-0.3, -0.25) is 4.98 Å². The molecule has 0 spiro atoms. The van der Waals surface area contributed by atoms with Crippen LogP contribution < -0.4 is 0 Å². The Hall–Kier alpha value is -2.39. The number of aryl methyl sites for hydroxylation is 1. The van der Waals surface area contributed by atoms with E-state index in [-0.39, 0.29) is 6.10 Å². The van der Waals surface area contributed by atoms with Crippen LogP contribution in [0.3, 0.4) is 0 Å². The molecule has 0 bridgehead atoms. The van der Waals surface area contributed by atoms with Crippen molar-refractivity contribution in [2.24, 2.45) is 0 Å². The average Bonchev–Trinajstić information content (AvgIpc) is 3.35. The Bertz CT molecular complexity index is 865. The number of rotatable bonds is 6. The Morgan fingerprint density at radius 3 is 2.92 bits per heavy atom. The topological polar surface area (TPSA) is 91.5 Å². The fourth-order valence-electron chi connectivity index (χ4n) is 2.79. The first-order chi connectivity index (χ1) is 12.8. The molecule has 26 heavy (non-hydrogen) atoms. The van der Waals surface area contributed by atoms with Crippen LogP contribution in [0.4, 0.5) is 0 Å². The van der Waals surface area contributed by atoms with Crippen LogP contribution in [0.15, 0.2) is 40.8 Å². The van der Waals surface area contributed by atoms with Crippen molar-refractivity contribution in [1.29, 1.82) is 0 Å². The molecule has 1 aliphatic heterocycles. The molecule has 1 saturated heterocycles. The number of pyridine rings is 1. The molecule has 0 radical (unpaired) electrons. The minimum absolute atomic E-state index is 0.182. The maximum Gasteiger partial charge on any atom is 0.215 e. The lowest BCUT2D eigenvalue weighted by Crippen LogP contribution is -2.16. The smallest absolute Gasteiger partial charge is 0.215 e. The predicted octanol–water partition coefficient (Wildman–Crippen LogP) is 2.42. The van der Waals surface area contributed by atoms with Gasteiger partial charge in [0.25, 0.3) is 0 Å². The van der Waals surface area contributed by atoms with Crippen LogP contribution in [0.5, 0.6) is 0 Å². The molecular weight excluding hydrogens is 350 g/mol. The molecule has 1 atom stereocenters. The molecule has 0 saturated carbocycles. The zero-order valence-corrected chi connectivity index (χ0v) is 15.3. The monoisotopic (exact) mass is 369 g/mol. The SMILES string of the molecule is CCc1cc(Sc2nnnn2C[C@@H]2CCCO2)nc(-c2ccncc2)n1. The van der Waals surface area contributed by atoms with Crippen molar-refractivity contribution in [1.82, 2.24) is 35.2 Å². The van der Waals surface area contributed by atoms with Gasteiger partial charge in [-0.05, 0) is 59.7 Å². The second kappa shape index (κ2) is 7.88. The summed E-state index contributed by atoms with van der Waals surface area (Å²) in [7, 11) is 0. The lowest BCUT2D eigenvalue weighted by molar-refractivity contribution is 0.0912. The van der Waals surface area contributed by atoms with E-state index in [0.29, 0.717) is 17.5 Å². The molecule has 1 fully saturated rings.